The molecule has 4 nitrogen and oxygen atoms in total. The lowest BCUT2D eigenvalue weighted by atomic mass is 10.1. The van der Waals surface area contributed by atoms with Gasteiger partial charge in [-0.25, -0.2) is 8.78 Å². The van der Waals surface area contributed by atoms with Crippen LogP contribution in [0.25, 0.3) is 0 Å². The van der Waals surface area contributed by atoms with Crippen molar-refractivity contribution in [3.63, 3.8) is 0 Å². The molecular weight excluding hydrogens is 278 g/mol. The lowest BCUT2D eigenvalue weighted by Crippen LogP contribution is -2.25. The summed E-state index contributed by atoms with van der Waals surface area (Å²) in [6.07, 6.45) is 0. The van der Waals surface area contributed by atoms with Crippen molar-refractivity contribution in [1.82, 2.24) is 5.32 Å². The molecule has 2 aromatic carbocycles. The summed E-state index contributed by atoms with van der Waals surface area (Å²) >= 11 is 0. The third-order valence-electron chi connectivity index (χ3n) is 3.05. The maximum absolute atomic E-state index is 13.8. The van der Waals surface area contributed by atoms with Gasteiger partial charge in [-0.3, -0.25) is 4.79 Å². The normalized spacial score (nSPS) is 10.4. The topological polar surface area (TPSA) is 75.4 Å². The van der Waals surface area contributed by atoms with Gasteiger partial charge in [0.15, 0.2) is 0 Å². The van der Waals surface area contributed by atoms with Gasteiger partial charge in [-0.1, -0.05) is 6.07 Å². The van der Waals surface area contributed by atoms with Crippen molar-refractivity contribution in [3.05, 3.63) is 58.7 Å². The number of phenols is 1. The number of nitrogen functional groups attached to an aromatic ring is 1. The average molecular weight is 292 g/mol. The van der Waals surface area contributed by atoms with E-state index in [2.05, 4.69) is 5.32 Å². The first-order chi connectivity index (χ1) is 9.90. The van der Waals surface area contributed by atoms with Crippen molar-refractivity contribution in [2.24, 2.45) is 0 Å². The quantitative estimate of drug-likeness (QED) is 0.601. The first-order valence-electron chi connectivity index (χ1n) is 6.20. The number of nitrogens with two attached hydrogens (primary N) is 1. The average Bonchev–Trinajstić information content (AvgIpc) is 2.44. The Hall–Kier alpha value is -2.63. The lowest BCUT2D eigenvalue weighted by molar-refractivity contribution is 0.0942. The Kier molecular flexibility index (Phi) is 4.07. The number of hydrogen-bond acceptors (Lipinski definition) is 3. The molecule has 4 N–H and O–H groups in total. The maximum Gasteiger partial charge on any atom is 0.257 e. The number of aryl methyl sites for hydroxylation is 1. The molecule has 110 valence electrons. The van der Waals surface area contributed by atoms with Crippen molar-refractivity contribution < 1.29 is 18.7 Å². The van der Waals surface area contributed by atoms with Crippen molar-refractivity contribution in [1.29, 1.82) is 0 Å². The van der Waals surface area contributed by atoms with Crippen LogP contribution in [-0.4, -0.2) is 11.0 Å². The molecule has 0 aromatic heterocycles. The predicted octanol–water partition coefficient (Wildman–Crippen LogP) is 2.49. The number of hydrogen-bond donors (Lipinski definition) is 3. The largest absolute Gasteiger partial charge is 0.508 e. The van der Waals surface area contributed by atoms with Gasteiger partial charge in [-0.2, -0.15) is 0 Å². The van der Waals surface area contributed by atoms with E-state index >= 15 is 0 Å². The molecule has 2 rings (SSSR count). The molecule has 0 radical (unpaired) electrons. The fourth-order valence-electron chi connectivity index (χ4n) is 1.88. The zero-order valence-electron chi connectivity index (χ0n) is 11.3. The number of anilines is 1. The van der Waals surface area contributed by atoms with Crippen molar-refractivity contribution >= 4 is 11.6 Å². The molecular formula is C15H14F2N2O2. The number of benzene rings is 2. The Morgan fingerprint density at radius 2 is 2.00 bits per heavy atom. The smallest absolute Gasteiger partial charge is 0.257 e. The van der Waals surface area contributed by atoms with E-state index in [4.69, 9.17) is 5.73 Å². The molecule has 0 saturated carbocycles. The van der Waals surface area contributed by atoms with E-state index in [9.17, 15) is 18.7 Å². The minimum atomic E-state index is -0.938. The molecule has 21 heavy (non-hydrogen) atoms. The number of halogens is 2. The standard InChI is InChI=1S/C15H14F2N2O2/c1-8-2-4-11(16)13(14(8)17)15(21)19-7-9-6-10(18)3-5-12(9)20/h2-6,20H,7,18H2,1H3,(H,19,21). The van der Waals surface area contributed by atoms with Crippen molar-refractivity contribution in [2.45, 2.75) is 13.5 Å². The predicted molar refractivity (Wildman–Crippen MR) is 74.8 cm³/mol. The van der Waals surface area contributed by atoms with Crippen LogP contribution in [0.4, 0.5) is 14.5 Å². The van der Waals surface area contributed by atoms with Crippen LogP contribution in [0.3, 0.4) is 0 Å². The fourth-order valence-corrected chi connectivity index (χ4v) is 1.88. The second-order valence-electron chi connectivity index (χ2n) is 4.62. The van der Waals surface area contributed by atoms with Crippen LogP contribution >= 0.6 is 0 Å². The summed E-state index contributed by atoms with van der Waals surface area (Å²) in [5, 5.41) is 12.0. The SMILES string of the molecule is Cc1ccc(F)c(C(=O)NCc2cc(N)ccc2O)c1F. The maximum atomic E-state index is 13.8. The highest BCUT2D eigenvalue weighted by Gasteiger charge is 2.19. The zero-order valence-corrected chi connectivity index (χ0v) is 11.3. The lowest BCUT2D eigenvalue weighted by Gasteiger charge is -2.10. The molecule has 2 aromatic rings. The molecule has 0 atom stereocenters. The summed E-state index contributed by atoms with van der Waals surface area (Å²) in [5.74, 6) is -2.79. The summed E-state index contributed by atoms with van der Waals surface area (Å²) in [4.78, 5) is 11.9. The van der Waals surface area contributed by atoms with Gasteiger partial charge in [0.2, 0.25) is 0 Å². The number of rotatable bonds is 3. The Balaban J connectivity index is 2.20. The minimum Gasteiger partial charge on any atom is -0.508 e. The third-order valence-corrected chi connectivity index (χ3v) is 3.05. The van der Waals surface area contributed by atoms with E-state index in [0.717, 1.165) is 6.07 Å². The highest BCUT2D eigenvalue weighted by Crippen LogP contribution is 2.20. The van der Waals surface area contributed by atoms with Crippen molar-refractivity contribution in [3.8, 4) is 5.75 Å². The van der Waals surface area contributed by atoms with E-state index < -0.39 is 23.1 Å². The van der Waals surface area contributed by atoms with Crippen LogP contribution in [0.5, 0.6) is 5.75 Å². The van der Waals surface area contributed by atoms with Gasteiger partial charge in [0.05, 0.1) is 0 Å². The van der Waals surface area contributed by atoms with Gasteiger partial charge in [0, 0.05) is 17.8 Å². The molecule has 0 spiro atoms. The summed E-state index contributed by atoms with van der Waals surface area (Å²) in [7, 11) is 0. The van der Waals surface area contributed by atoms with E-state index in [1.54, 1.807) is 0 Å². The molecule has 0 fully saturated rings. The van der Waals surface area contributed by atoms with Gasteiger partial charge < -0.3 is 16.2 Å². The van der Waals surface area contributed by atoms with Crippen LogP contribution in [-0.2, 0) is 6.54 Å². The Morgan fingerprint density at radius 1 is 1.29 bits per heavy atom. The summed E-state index contributed by atoms with van der Waals surface area (Å²) < 4.78 is 27.4. The second-order valence-corrected chi connectivity index (χ2v) is 4.62. The molecule has 1 amide bonds. The summed E-state index contributed by atoms with van der Waals surface area (Å²) in [6, 6.07) is 6.64. The Morgan fingerprint density at radius 3 is 2.71 bits per heavy atom. The molecule has 0 aliphatic heterocycles. The number of carbonyl (C=O) groups is 1. The van der Waals surface area contributed by atoms with Crippen LogP contribution in [0.1, 0.15) is 21.5 Å². The first-order valence-corrected chi connectivity index (χ1v) is 6.20. The van der Waals surface area contributed by atoms with Gasteiger partial charge >= 0.3 is 0 Å². The van der Waals surface area contributed by atoms with Gasteiger partial charge in [0.1, 0.15) is 22.9 Å². The highest BCUT2D eigenvalue weighted by atomic mass is 19.1. The Bertz CT molecular complexity index is 702. The highest BCUT2D eigenvalue weighted by molar-refractivity contribution is 5.95. The van der Waals surface area contributed by atoms with Crippen LogP contribution in [0.15, 0.2) is 30.3 Å². The number of aromatic hydroxyl groups is 1. The van der Waals surface area contributed by atoms with Gasteiger partial charge in [-0.05, 0) is 36.8 Å². The van der Waals surface area contributed by atoms with E-state index in [0.29, 0.717) is 11.3 Å². The molecule has 6 heteroatoms. The van der Waals surface area contributed by atoms with Crippen LogP contribution in [0.2, 0.25) is 0 Å². The number of nitrogens with one attached hydrogen (secondary N) is 1. The monoisotopic (exact) mass is 292 g/mol. The first kappa shape index (κ1) is 14.8. The molecule has 0 heterocycles. The van der Waals surface area contributed by atoms with Crippen LogP contribution < -0.4 is 11.1 Å². The van der Waals surface area contributed by atoms with Crippen LogP contribution in [0, 0.1) is 18.6 Å². The Labute approximate surface area is 120 Å². The molecule has 0 bridgehead atoms. The number of carbonyl (C=O) groups excluding carboxylic acids is 1. The second kappa shape index (κ2) is 5.78. The third kappa shape index (κ3) is 3.10. The minimum absolute atomic E-state index is 0.0605. The fraction of sp³-hybridized carbons (Fsp3) is 0.133. The van der Waals surface area contributed by atoms with Crippen molar-refractivity contribution in [2.75, 3.05) is 5.73 Å². The zero-order chi connectivity index (χ0) is 15.6. The number of amides is 1. The molecule has 0 unspecified atom stereocenters. The summed E-state index contributed by atoms with van der Waals surface area (Å²) in [5.41, 5.74) is 5.87. The molecule has 0 saturated heterocycles. The molecule has 0 aliphatic rings. The molecule has 0 aliphatic carbocycles. The van der Waals surface area contributed by atoms with E-state index in [1.807, 2.05) is 0 Å². The van der Waals surface area contributed by atoms with E-state index in [-0.39, 0.29) is 17.9 Å². The summed E-state index contributed by atoms with van der Waals surface area (Å²) in [6.45, 7) is 1.35. The van der Waals surface area contributed by atoms with Gasteiger partial charge in [0.25, 0.3) is 5.91 Å². The number of phenolic OH excluding ortho intramolecular Hbond substituents is 1. The van der Waals surface area contributed by atoms with Gasteiger partial charge in [-0.15, -0.1) is 0 Å². The van der Waals surface area contributed by atoms with E-state index in [1.165, 1.54) is 31.2 Å².